The number of carbonyl (C=O) groups excluding carboxylic acids is 1. The highest BCUT2D eigenvalue weighted by molar-refractivity contribution is 6.31. The summed E-state index contributed by atoms with van der Waals surface area (Å²) in [6.45, 7) is 5.48. The van der Waals surface area contributed by atoms with Gasteiger partial charge in [-0.25, -0.2) is 5.01 Å². The van der Waals surface area contributed by atoms with Gasteiger partial charge in [-0.2, -0.15) is 5.10 Å². The maximum absolute atomic E-state index is 12.1. The molecule has 5 nitrogen and oxygen atoms in total. The summed E-state index contributed by atoms with van der Waals surface area (Å²) in [5.41, 5.74) is 3.79. The van der Waals surface area contributed by atoms with Crippen molar-refractivity contribution in [2.45, 2.75) is 13.3 Å². The number of rotatable bonds is 3. The van der Waals surface area contributed by atoms with Gasteiger partial charge in [-0.05, 0) is 29.8 Å². The van der Waals surface area contributed by atoms with Crippen LogP contribution in [0, 0.1) is 0 Å². The molecule has 26 heavy (non-hydrogen) atoms. The van der Waals surface area contributed by atoms with E-state index in [1.54, 1.807) is 20.3 Å². The molecule has 2 aromatic carbocycles. The van der Waals surface area contributed by atoms with Crippen LogP contribution in [-0.2, 0) is 11.2 Å². The van der Waals surface area contributed by atoms with Crippen LogP contribution in [-0.4, -0.2) is 30.8 Å². The molecular weight excluding hydrogens is 352 g/mol. The van der Waals surface area contributed by atoms with E-state index in [0.29, 0.717) is 34.4 Å². The van der Waals surface area contributed by atoms with Gasteiger partial charge < -0.3 is 9.47 Å². The van der Waals surface area contributed by atoms with E-state index in [1.807, 2.05) is 30.3 Å². The maximum Gasteiger partial charge on any atom is 0.243 e. The van der Waals surface area contributed by atoms with E-state index in [2.05, 4.69) is 11.7 Å². The highest BCUT2D eigenvalue weighted by Gasteiger charge is 2.25. The zero-order chi connectivity index (χ0) is 18.8. The third kappa shape index (κ3) is 3.30. The summed E-state index contributed by atoms with van der Waals surface area (Å²) in [7, 11) is 3.17. The number of fused-ring (bicyclic) bond motifs is 1. The molecule has 0 bridgehead atoms. The second-order valence-electron chi connectivity index (χ2n) is 5.90. The molecule has 0 aliphatic carbocycles. The average molecular weight is 371 g/mol. The minimum Gasteiger partial charge on any atom is -0.493 e. The molecule has 134 valence electrons. The van der Waals surface area contributed by atoms with Crippen LogP contribution in [0.3, 0.4) is 0 Å². The van der Waals surface area contributed by atoms with Crippen molar-refractivity contribution in [2.75, 3.05) is 14.2 Å². The number of hydrazone groups is 1. The lowest BCUT2D eigenvalue weighted by Gasteiger charge is -2.16. The molecule has 0 N–H and O–H groups in total. The van der Waals surface area contributed by atoms with Crippen molar-refractivity contribution in [2.24, 2.45) is 5.10 Å². The standard InChI is InChI=1S/C20H19ClN2O3/c1-12-8-15-10-18(25-3)19(26-4)11-17(15)20(22-23(12)13(2)24)14-6-5-7-16(21)9-14/h5-7,9-11H,1,8H2,2-4H3. The predicted molar refractivity (Wildman–Crippen MR) is 102 cm³/mol. The third-order valence-electron chi connectivity index (χ3n) is 4.15. The van der Waals surface area contributed by atoms with Crippen LogP contribution in [0.4, 0.5) is 0 Å². The molecule has 0 unspecified atom stereocenters. The van der Waals surface area contributed by atoms with E-state index >= 15 is 0 Å². The Hall–Kier alpha value is -2.79. The largest absolute Gasteiger partial charge is 0.493 e. The van der Waals surface area contributed by atoms with Crippen LogP contribution in [0.1, 0.15) is 23.6 Å². The normalized spacial score (nSPS) is 13.6. The first-order valence-electron chi connectivity index (χ1n) is 8.03. The molecule has 1 amide bonds. The Morgan fingerprint density at radius 2 is 1.88 bits per heavy atom. The molecule has 0 aromatic heterocycles. The van der Waals surface area contributed by atoms with Crippen molar-refractivity contribution in [3.8, 4) is 11.5 Å². The van der Waals surface area contributed by atoms with Gasteiger partial charge in [0.25, 0.3) is 0 Å². The molecule has 0 atom stereocenters. The Kier molecular flexibility index (Phi) is 5.00. The summed E-state index contributed by atoms with van der Waals surface area (Å²) in [5, 5.41) is 6.50. The third-order valence-corrected chi connectivity index (χ3v) is 4.39. The molecule has 0 saturated carbocycles. The summed E-state index contributed by atoms with van der Waals surface area (Å²) in [5.74, 6) is 0.991. The number of nitrogens with zero attached hydrogens (tertiary/aromatic N) is 2. The monoisotopic (exact) mass is 370 g/mol. The van der Waals surface area contributed by atoms with Crippen LogP contribution in [0.15, 0.2) is 53.8 Å². The van der Waals surface area contributed by atoms with E-state index in [0.717, 1.165) is 16.7 Å². The number of hydrogen-bond donors (Lipinski definition) is 0. The highest BCUT2D eigenvalue weighted by Crippen LogP contribution is 2.35. The number of benzene rings is 2. The van der Waals surface area contributed by atoms with Gasteiger partial charge in [-0.15, -0.1) is 0 Å². The minimum absolute atomic E-state index is 0.207. The lowest BCUT2D eigenvalue weighted by molar-refractivity contribution is -0.127. The van der Waals surface area contributed by atoms with Crippen molar-refractivity contribution >= 4 is 23.2 Å². The van der Waals surface area contributed by atoms with Crippen molar-refractivity contribution in [3.05, 3.63) is 70.4 Å². The van der Waals surface area contributed by atoms with Crippen LogP contribution >= 0.6 is 11.6 Å². The van der Waals surface area contributed by atoms with E-state index in [4.69, 9.17) is 21.1 Å². The number of carbonyl (C=O) groups is 1. The summed E-state index contributed by atoms with van der Waals surface area (Å²) >= 11 is 6.17. The number of hydrogen-bond acceptors (Lipinski definition) is 4. The molecule has 3 rings (SSSR count). The molecule has 0 saturated heterocycles. The fourth-order valence-electron chi connectivity index (χ4n) is 2.95. The first kappa shape index (κ1) is 18.0. The Morgan fingerprint density at radius 3 is 2.50 bits per heavy atom. The zero-order valence-corrected chi connectivity index (χ0v) is 15.6. The Labute approximate surface area is 157 Å². The smallest absolute Gasteiger partial charge is 0.243 e. The summed E-state index contributed by atoms with van der Waals surface area (Å²) < 4.78 is 10.9. The van der Waals surface area contributed by atoms with E-state index < -0.39 is 0 Å². The Bertz CT molecular complexity index is 921. The first-order valence-corrected chi connectivity index (χ1v) is 8.40. The zero-order valence-electron chi connectivity index (χ0n) is 14.9. The minimum atomic E-state index is -0.207. The Balaban J connectivity index is 2.29. The molecular formula is C20H19ClN2O3. The SMILES string of the molecule is C=C1Cc2cc(OC)c(OC)cc2C(c2cccc(Cl)c2)=NN1C(C)=O. The second kappa shape index (κ2) is 7.22. The molecule has 1 aliphatic heterocycles. The average Bonchev–Trinajstić information content (AvgIpc) is 2.76. The van der Waals surface area contributed by atoms with Crippen molar-refractivity contribution in [1.82, 2.24) is 5.01 Å². The van der Waals surface area contributed by atoms with Crippen molar-refractivity contribution < 1.29 is 14.3 Å². The summed E-state index contributed by atoms with van der Waals surface area (Å²) in [6.07, 6.45) is 0.461. The van der Waals surface area contributed by atoms with Gasteiger partial charge in [0.05, 0.1) is 19.9 Å². The predicted octanol–water partition coefficient (Wildman–Crippen LogP) is 4.03. The van der Waals surface area contributed by atoms with Crippen molar-refractivity contribution in [3.63, 3.8) is 0 Å². The van der Waals surface area contributed by atoms with Crippen molar-refractivity contribution in [1.29, 1.82) is 0 Å². The molecule has 6 heteroatoms. The molecule has 0 fully saturated rings. The fraction of sp³-hybridized carbons (Fsp3) is 0.200. The molecule has 0 spiro atoms. The lowest BCUT2D eigenvalue weighted by Crippen LogP contribution is -2.23. The molecule has 1 heterocycles. The molecule has 2 aromatic rings. The maximum atomic E-state index is 12.1. The van der Waals surface area contributed by atoms with Crippen LogP contribution in [0.2, 0.25) is 5.02 Å². The highest BCUT2D eigenvalue weighted by atomic mass is 35.5. The van der Waals surface area contributed by atoms with Gasteiger partial charge in [0, 0.05) is 35.2 Å². The van der Waals surface area contributed by atoms with Gasteiger partial charge in [0.2, 0.25) is 5.91 Å². The van der Waals surface area contributed by atoms with Crippen LogP contribution in [0.5, 0.6) is 11.5 Å². The molecule has 0 radical (unpaired) electrons. The number of halogens is 1. The number of amides is 1. The van der Waals surface area contributed by atoms with E-state index in [9.17, 15) is 4.79 Å². The number of allylic oxidation sites excluding steroid dienone is 1. The van der Waals surface area contributed by atoms with Gasteiger partial charge in [-0.3, -0.25) is 4.79 Å². The fourth-order valence-corrected chi connectivity index (χ4v) is 3.14. The molecule has 1 aliphatic rings. The second-order valence-corrected chi connectivity index (χ2v) is 6.33. The lowest BCUT2D eigenvalue weighted by atomic mass is 9.95. The van der Waals surface area contributed by atoms with Gasteiger partial charge >= 0.3 is 0 Å². The van der Waals surface area contributed by atoms with E-state index in [-0.39, 0.29) is 5.91 Å². The van der Waals surface area contributed by atoms with E-state index in [1.165, 1.54) is 11.9 Å². The van der Waals surface area contributed by atoms with Crippen LogP contribution < -0.4 is 9.47 Å². The topological polar surface area (TPSA) is 51.1 Å². The van der Waals surface area contributed by atoms with Gasteiger partial charge in [0.1, 0.15) is 0 Å². The van der Waals surface area contributed by atoms with Gasteiger partial charge in [-0.1, -0.05) is 30.3 Å². The number of ether oxygens (including phenoxy) is 2. The quantitative estimate of drug-likeness (QED) is 0.819. The van der Waals surface area contributed by atoms with Gasteiger partial charge in [0.15, 0.2) is 11.5 Å². The Morgan fingerprint density at radius 1 is 1.19 bits per heavy atom. The number of methoxy groups -OCH3 is 2. The first-order chi connectivity index (χ1) is 12.4. The van der Waals surface area contributed by atoms with Crippen LogP contribution in [0.25, 0.3) is 0 Å². The summed E-state index contributed by atoms with van der Waals surface area (Å²) in [4.78, 5) is 12.1. The summed E-state index contributed by atoms with van der Waals surface area (Å²) in [6, 6.07) is 11.1.